The van der Waals surface area contributed by atoms with Crippen molar-refractivity contribution in [2.45, 2.75) is 19.4 Å². The van der Waals surface area contributed by atoms with Crippen LogP contribution < -0.4 is 15.4 Å². The number of hydrogen-bond acceptors (Lipinski definition) is 6. The van der Waals surface area contributed by atoms with Crippen LogP contribution in [-0.2, 0) is 6.54 Å². The van der Waals surface area contributed by atoms with E-state index in [1.165, 1.54) is 12.3 Å². The maximum atomic E-state index is 11.8. The van der Waals surface area contributed by atoms with E-state index in [1.54, 1.807) is 17.1 Å². The lowest BCUT2D eigenvalue weighted by molar-refractivity contribution is 0.349. The molecule has 1 aliphatic heterocycles. The molecule has 0 amide bonds. The second-order valence-electron chi connectivity index (χ2n) is 6.11. The number of nitrogens with zero attached hydrogens (tertiary/aromatic N) is 6. The van der Waals surface area contributed by atoms with Gasteiger partial charge in [0.05, 0.1) is 6.33 Å². The van der Waals surface area contributed by atoms with Crippen molar-refractivity contribution in [3.63, 3.8) is 0 Å². The first-order valence-corrected chi connectivity index (χ1v) is 7.89. The summed E-state index contributed by atoms with van der Waals surface area (Å²) in [6.07, 6.45) is 7.02. The second kappa shape index (κ2) is 6.76. The average Bonchev–Trinajstić information content (AvgIpc) is 2.58. The molecule has 0 atom stereocenters. The fourth-order valence-electron chi connectivity index (χ4n) is 2.85. The van der Waals surface area contributed by atoms with Crippen LogP contribution in [0.4, 0.5) is 11.8 Å². The molecule has 1 saturated heterocycles. The Kier molecular flexibility index (Phi) is 4.55. The lowest BCUT2D eigenvalue weighted by Crippen LogP contribution is -2.37. The third kappa shape index (κ3) is 3.67. The molecule has 1 fully saturated rings. The van der Waals surface area contributed by atoms with Crippen LogP contribution in [-0.4, -0.2) is 46.7 Å². The van der Waals surface area contributed by atoms with Gasteiger partial charge in [-0.05, 0) is 24.8 Å². The quantitative estimate of drug-likeness (QED) is 0.839. The molecule has 0 radical (unpaired) electrons. The van der Waals surface area contributed by atoms with Gasteiger partial charge in [0.15, 0.2) is 0 Å². The Bertz CT molecular complexity index is 705. The number of hydrogen-bond donors (Lipinski definition) is 0. The molecule has 0 spiro atoms. The van der Waals surface area contributed by atoms with Gasteiger partial charge in [-0.15, -0.1) is 0 Å². The lowest BCUT2D eigenvalue weighted by Gasteiger charge is -2.32. The summed E-state index contributed by atoms with van der Waals surface area (Å²) in [6.45, 7) is 2.56. The zero-order valence-corrected chi connectivity index (χ0v) is 13.6. The molecule has 0 bridgehead atoms. The second-order valence-corrected chi connectivity index (χ2v) is 6.11. The van der Waals surface area contributed by atoms with Crippen molar-refractivity contribution in [3.8, 4) is 0 Å². The molecule has 1 aliphatic rings. The molecule has 0 aliphatic carbocycles. The minimum absolute atomic E-state index is 0.0180. The van der Waals surface area contributed by atoms with E-state index in [2.05, 4.69) is 19.9 Å². The average molecular weight is 314 g/mol. The highest BCUT2D eigenvalue weighted by Crippen LogP contribution is 2.22. The van der Waals surface area contributed by atoms with Crippen LogP contribution in [0.3, 0.4) is 0 Å². The van der Waals surface area contributed by atoms with Gasteiger partial charge >= 0.3 is 0 Å². The van der Waals surface area contributed by atoms with Crippen LogP contribution in [0.1, 0.15) is 12.8 Å². The minimum atomic E-state index is 0.0180. The molecular formula is C16H22N6O. The van der Waals surface area contributed by atoms with Crippen LogP contribution in [0.25, 0.3) is 0 Å². The first-order chi connectivity index (χ1) is 11.1. The van der Waals surface area contributed by atoms with Crippen molar-refractivity contribution in [3.05, 3.63) is 41.2 Å². The molecule has 0 saturated carbocycles. The standard InChI is InChI=1S/C16H22N6O/c1-20(2)14-3-8-18-16(19-14)21-9-5-13(6-10-21)11-22-12-17-7-4-15(22)23/h3-4,7-8,12-13H,5-6,9-11H2,1-2H3. The third-order valence-electron chi connectivity index (χ3n) is 4.23. The molecule has 3 rings (SSSR count). The van der Waals surface area contributed by atoms with Gasteiger partial charge in [-0.25, -0.2) is 9.97 Å². The summed E-state index contributed by atoms with van der Waals surface area (Å²) in [5.41, 5.74) is 0.0180. The predicted molar refractivity (Wildman–Crippen MR) is 89.8 cm³/mol. The molecule has 0 aromatic carbocycles. The monoisotopic (exact) mass is 314 g/mol. The number of piperidine rings is 1. The lowest BCUT2D eigenvalue weighted by atomic mass is 9.97. The highest BCUT2D eigenvalue weighted by Gasteiger charge is 2.21. The van der Waals surface area contributed by atoms with E-state index in [0.717, 1.165) is 44.2 Å². The van der Waals surface area contributed by atoms with Gasteiger partial charge in [0.2, 0.25) is 5.95 Å². The zero-order chi connectivity index (χ0) is 16.2. The van der Waals surface area contributed by atoms with Crippen LogP contribution in [0.15, 0.2) is 35.6 Å². The van der Waals surface area contributed by atoms with Crippen LogP contribution >= 0.6 is 0 Å². The molecule has 0 unspecified atom stereocenters. The van der Waals surface area contributed by atoms with E-state index in [-0.39, 0.29) is 5.56 Å². The first-order valence-electron chi connectivity index (χ1n) is 7.89. The van der Waals surface area contributed by atoms with E-state index in [0.29, 0.717) is 5.92 Å². The Labute approximate surface area is 135 Å². The SMILES string of the molecule is CN(C)c1ccnc(N2CCC(Cn3cnccc3=O)CC2)n1. The van der Waals surface area contributed by atoms with E-state index >= 15 is 0 Å². The van der Waals surface area contributed by atoms with Crippen LogP contribution in [0.5, 0.6) is 0 Å². The highest BCUT2D eigenvalue weighted by atomic mass is 16.1. The Morgan fingerprint density at radius 1 is 1.22 bits per heavy atom. The van der Waals surface area contributed by atoms with Gasteiger partial charge in [-0.2, -0.15) is 4.98 Å². The maximum Gasteiger partial charge on any atom is 0.253 e. The van der Waals surface area contributed by atoms with Gasteiger partial charge in [-0.3, -0.25) is 9.36 Å². The number of anilines is 2. The minimum Gasteiger partial charge on any atom is -0.363 e. The van der Waals surface area contributed by atoms with E-state index in [9.17, 15) is 4.79 Å². The van der Waals surface area contributed by atoms with Crippen molar-refractivity contribution in [2.24, 2.45) is 5.92 Å². The summed E-state index contributed by atoms with van der Waals surface area (Å²) >= 11 is 0. The largest absolute Gasteiger partial charge is 0.363 e. The molecule has 122 valence electrons. The summed E-state index contributed by atoms with van der Waals surface area (Å²) in [5, 5.41) is 0. The van der Waals surface area contributed by atoms with Crippen LogP contribution in [0.2, 0.25) is 0 Å². The maximum absolute atomic E-state index is 11.8. The Balaban J connectivity index is 1.61. The van der Waals surface area contributed by atoms with Crippen molar-refractivity contribution in [1.82, 2.24) is 19.5 Å². The Morgan fingerprint density at radius 2 is 2.00 bits per heavy atom. The Hall–Kier alpha value is -2.44. The van der Waals surface area contributed by atoms with Gasteiger partial charge in [-0.1, -0.05) is 0 Å². The molecular weight excluding hydrogens is 292 g/mol. The van der Waals surface area contributed by atoms with Crippen molar-refractivity contribution < 1.29 is 0 Å². The zero-order valence-electron chi connectivity index (χ0n) is 13.6. The van der Waals surface area contributed by atoms with Gasteiger partial charge in [0.25, 0.3) is 5.56 Å². The van der Waals surface area contributed by atoms with Gasteiger partial charge in [0.1, 0.15) is 5.82 Å². The van der Waals surface area contributed by atoms with E-state index < -0.39 is 0 Å². The fraction of sp³-hybridized carbons (Fsp3) is 0.500. The molecule has 23 heavy (non-hydrogen) atoms. The van der Waals surface area contributed by atoms with Crippen molar-refractivity contribution in [2.75, 3.05) is 37.0 Å². The highest BCUT2D eigenvalue weighted by molar-refractivity contribution is 5.42. The summed E-state index contributed by atoms with van der Waals surface area (Å²) in [7, 11) is 3.95. The summed E-state index contributed by atoms with van der Waals surface area (Å²) in [6, 6.07) is 3.42. The molecule has 2 aromatic heterocycles. The number of rotatable bonds is 4. The van der Waals surface area contributed by atoms with Gasteiger partial charge < -0.3 is 9.80 Å². The van der Waals surface area contributed by atoms with Crippen LogP contribution in [0, 0.1) is 5.92 Å². The van der Waals surface area contributed by atoms with E-state index in [1.807, 2.05) is 25.1 Å². The van der Waals surface area contributed by atoms with Crippen molar-refractivity contribution in [1.29, 1.82) is 0 Å². The molecule has 7 heteroatoms. The summed E-state index contributed by atoms with van der Waals surface area (Å²) in [4.78, 5) is 29.0. The number of aromatic nitrogens is 4. The summed E-state index contributed by atoms with van der Waals surface area (Å²) in [5.74, 6) is 2.19. The third-order valence-corrected chi connectivity index (χ3v) is 4.23. The normalized spacial score (nSPS) is 15.7. The molecule has 3 heterocycles. The molecule has 7 nitrogen and oxygen atoms in total. The molecule has 0 N–H and O–H groups in total. The summed E-state index contributed by atoms with van der Waals surface area (Å²) < 4.78 is 1.70. The topological polar surface area (TPSA) is 67.2 Å². The fourth-order valence-corrected chi connectivity index (χ4v) is 2.85. The van der Waals surface area contributed by atoms with Crippen molar-refractivity contribution >= 4 is 11.8 Å². The van der Waals surface area contributed by atoms with Gasteiger partial charge in [0, 0.05) is 52.2 Å². The Morgan fingerprint density at radius 3 is 2.70 bits per heavy atom. The first kappa shape index (κ1) is 15.5. The molecule has 2 aromatic rings. The van der Waals surface area contributed by atoms with E-state index in [4.69, 9.17) is 0 Å². The predicted octanol–water partition coefficient (Wildman–Crippen LogP) is 1.02. The smallest absolute Gasteiger partial charge is 0.253 e.